The van der Waals surface area contributed by atoms with Crippen LogP contribution in [0, 0.1) is 5.41 Å². The highest BCUT2D eigenvalue weighted by Crippen LogP contribution is 2.33. The molecule has 0 unspecified atom stereocenters. The number of carbonyl (C=O) groups is 1. The van der Waals surface area contributed by atoms with Crippen LogP contribution < -0.4 is 0 Å². The highest BCUT2D eigenvalue weighted by atomic mass is 35.5. The Morgan fingerprint density at radius 1 is 1.40 bits per heavy atom. The van der Waals surface area contributed by atoms with Crippen LogP contribution in [0.2, 0.25) is 5.02 Å². The van der Waals surface area contributed by atoms with E-state index < -0.39 is 11.4 Å². The van der Waals surface area contributed by atoms with Gasteiger partial charge in [0.15, 0.2) is 0 Å². The third kappa shape index (κ3) is 2.55. The Hall–Kier alpha value is -1.48. The van der Waals surface area contributed by atoms with Crippen molar-refractivity contribution in [2.75, 3.05) is 0 Å². The molecule has 1 aromatic heterocycles. The van der Waals surface area contributed by atoms with E-state index in [1.807, 2.05) is 24.3 Å². The summed E-state index contributed by atoms with van der Waals surface area (Å²) in [6.45, 7) is 7.67. The Morgan fingerprint density at radius 3 is 2.60 bits per heavy atom. The number of hydrogen-bond donors (Lipinski definition) is 1. The van der Waals surface area contributed by atoms with Crippen molar-refractivity contribution < 1.29 is 9.90 Å². The molecule has 0 aliphatic carbocycles. The zero-order chi connectivity index (χ0) is 15.1. The number of benzene rings is 1. The number of halogens is 1. The molecule has 1 heterocycles. The molecule has 2 aromatic rings. The molecule has 0 radical (unpaired) electrons. The van der Waals surface area contributed by atoms with Gasteiger partial charge >= 0.3 is 5.97 Å². The van der Waals surface area contributed by atoms with Gasteiger partial charge in [0.25, 0.3) is 0 Å². The van der Waals surface area contributed by atoms with Gasteiger partial charge in [-0.1, -0.05) is 23.7 Å². The fraction of sp³-hybridized carbons (Fsp3) is 0.438. The fourth-order valence-electron chi connectivity index (χ4n) is 2.55. The topological polar surface area (TPSA) is 42.2 Å². The zero-order valence-corrected chi connectivity index (χ0v) is 13.0. The highest BCUT2D eigenvalue weighted by molar-refractivity contribution is 6.35. The maximum Gasteiger partial charge on any atom is 0.309 e. The number of hydrogen-bond acceptors (Lipinski definition) is 1. The van der Waals surface area contributed by atoms with Crippen LogP contribution in [-0.2, 0) is 11.2 Å². The van der Waals surface area contributed by atoms with Crippen LogP contribution in [-0.4, -0.2) is 15.6 Å². The van der Waals surface area contributed by atoms with E-state index in [1.165, 1.54) is 0 Å². The Bertz CT molecular complexity index is 656. The number of rotatable bonds is 4. The summed E-state index contributed by atoms with van der Waals surface area (Å²) in [4.78, 5) is 11.4. The molecule has 0 bridgehead atoms. The Kier molecular flexibility index (Phi) is 3.83. The summed E-state index contributed by atoms with van der Waals surface area (Å²) in [6.07, 6.45) is 0.478. The van der Waals surface area contributed by atoms with Crippen molar-refractivity contribution in [2.45, 2.75) is 40.2 Å². The van der Waals surface area contributed by atoms with Crippen LogP contribution in [0.3, 0.4) is 0 Å². The average Bonchev–Trinajstić information content (AvgIpc) is 2.67. The monoisotopic (exact) mass is 293 g/mol. The molecule has 108 valence electrons. The molecule has 1 N–H and O–H groups in total. The predicted molar refractivity (Wildman–Crippen MR) is 82.5 cm³/mol. The van der Waals surface area contributed by atoms with Crippen LogP contribution in [0.4, 0.5) is 0 Å². The second kappa shape index (κ2) is 5.13. The Morgan fingerprint density at radius 2 is 2.05 bits per heavy atom. The van der Waals surface area contributed by atoms with E-state index in [-0.39, 0.29) is 6.04 Å². The SMILES string of the molecule is CC(C)n1c(CC(C)(C)C(=O)O)cc2cccc(Cl)c21. The Labute approximate surface area is 124 Å². The number of fused-ring (bicyclic) bond motifs is 1. The quantitative estimate of drug-likeness (QED) is 0.900. The molecule has 4 heteroatoms. The van der Waals surface area contributed by atoms with Crippen molar-refractivity contribution in [1.82, 2.24) is 4.57 Å². The summed E-state index contributed by atoms with van der Waals surface area (Å²) in [5.74, 6) is -0.788. The van der Waals surface area contributed by atoms with Gasteiger partial charge in [-0.3, -0.25) is 4.79 Å². The minimum atomic E-state index is -0.798. The van der Waals surface area contributed by atoms with Crippen molar-refractivity contribution in [3.63, 3.8) is 0 Å². The minimum Gasteiger partial charge on any atom is -0.481 e. The number of aliphatic carboxylic acids is 1. The number of nitrogens with zero attached hydrogens (tertiary/aromatic N) is 1. The summed E-state index contributed by atoms with van der Waals surface area (Å²) < 4.78 is 2.14. The molecule has 0 atom stereocenters. The van der Waals surface area contributed by atoms with Crippen molar-refractivity contribution in [2.24, 2.45) is 5.41 Å². The molecule has 0 amide bonds. The average molecular weight is 294 g/mol. The largest absolute Gasteiger partial charge is 0.481 e. The van der Waals surface area contributed by atoms with Gasteiger partial charge in [-0.15, -0.1) is 0 Å². The summed E-state index contributed by atoms with van der Waals surface area (Å²) in [5, 5.41) is 11.1. The van der Waals surface area contributed by atoms with Gasteiger partial charge in [0.2, 0.25) is 0 Å². The molecular formula is C16H20ClNO2. The maximum absolute atomic E-state index is 11.4. The van der Waals surface area contributed by atoms with Crippen molar-refractivity contribution >= 4 is 28.5 Å². The zero-order valence-electron chi connectivity index (χ0n) is 12.3. The van der Waals surface area contributed by atoms with Crippen LogP contribution >= 0.6 is 11.6 Å². The van der Waals surface area contributed by atoms with E-state index >= 15 is 0 Å². The molecule has 20 heavy (non-hydrogen) atoms. The van der Waals surface area contributed by atoms with E-state index in [0.717, 1.165) is 16.6 Å². The van der Waals surface area contributed by atoms with Gasteiger partial charge in [-0.25, -0.2) is 0 Å². The van der Waals surface area contributed by atoms with Crippen molar-refractivity contribution in [1.29, 1.82) is 0 Å². The summed E-state index contributed by atoms with van der Waals surface area (Å²) in [7, 11) is 0. The first-order valence-electron chi connectivity index (χ1n) is 6.76. The standard InChI is InChI=1S/C16H20ClNO2/c1-10(2)18-12(9-16(3,4)15(19)20)8-11-6-5-7-13(17)14(11)18/h5-8,10H,9H2,1-4H3,(H,19,20). The van der Waals surface area contributed by atoms with E-state index in [4.69, 9.17) is 11.6 Å². The molecule has 3 nitrogen and oxygen atoms in total. The summed E-state index contributed by atoms with van der Waals surface area (Å²) >= 11 is 6.32. The fourth-order valence-corrected chi connectivity index (χ4v) is 2.82. The van der Waals surface area contributed by atoms with Crippen LogP contribution in [0.15, 0.2) is 24.3 Å². The highest BCUT2D eigenvalue weighted by Gasteiger charge is 2.29. The first-order chi connectivity index (χ1) is 9.24. The molecule has 0 saturated heterocycles. The lowest BCUT2D eigenvalue weighted by Gasteiger charge is -2.22. The number of carboxylic acids is 1. The Balaban J connectivity index is 2.62. The molecule has 0 aliphatic heterocycles. The van der Waals surface area contributed by atoms with Crippen LogP contribution in [0.1, 0.15) is 39.4 Å². The molecule has 0 spiro atoms. The third-order valence-corrected chi connectivity index (χ3v) is 3.91. The third-order valence-electron chi connectivity index (χ3n) is 3.61. The van der Waals surface area contributed by atoms with Crippen LogP contribution in [0.5, 0.6) is 0 Å². The smallest absolute Gasteiger partial charge is 0.309 e. The second-order valence-corrected chi connectivity index (χ2v) is 6.55. The van der Waals surface area contributed by atoms with E-state index in [0.29, 0.717) is 11.4 Å². The maximum atomic E-state index is 11.4. The van der Waals surface area contributed by atoms with Gasteiger partial charge in [0.1, 0.15) is 0 Å². The lowest BCUT2D eigenvalue weighted by atomic mass is 9.88. The van der Waals surface area contributed by atoms with Crippen LogP contribution in [0.25, 0.3) is 10.9 Å². The van der Waals surface area contributed by atoms with Gasteiger partial charge in [0.05, 0.1) is 16.0 Å². The van der Waals surface area contributed by atoms with Gasteiger partial charge in [-0.05, 0) is 39.8 Å². The minimum absolute atomic E-state index is 0.229. The van der Waals surface area contributed by atoms with Gasteiger partial charge in [-0.2, -0.15) is 0 Å². The van der Waals surface area contributed by atoms with E-state index in [9.17, 15) is 9.90 Å². The molecule has 0 aliphatic rings. The molecule has 0 saturated carbocycles. The van der Waals surface area contributed by atoms with Gasteiger partial charge in [0, 0.05) is 23.5 Å². The molecular weight excluding hydrogens is 274 g/mol. The van der Waals surface area contributed by atoms with Crippen molar-refractivity contribution in [3.05, 3.63) is 35.0 Å². The van der Waals surface area contributed by atoms with Gasteiger partial charge < -0.3 is 9.67 Å². The number of aromatic nitrogens is 1. The first kappa shape index (κ1) is 14.9. The lowest BCUT2D eigenvalue weighted by Crippen LogP contribution is -2.27. The lowest BCUT2D eigenvalue weighted by molar-refractivity contribution is -0.146. The molecule has 1 aromatic carbocycles. The normalized spacial score (nSPS) is 12.3. The predicted octanol–water partition coefficient (Wildman–Crippen LogP) is 4.53. The summed E-state index contributed by atoms with van der Waals surface area (Å²) in [6, 6.07) is 8.08. The number of carboxylic acid groups (broad SMARTS) is 1. The summed E-state index contributed by atoms with van der Waals surface area (Å²) in [5.41, 5.74) is 1.20. The number of para-hydroxylation sites is 1. The molecule has 2 rings (SSSR count). The van der Waals surface area contributed by atoms with Crippen molar-refractivity contribution in [3.8, 4) is 0 Å². The second-order valence-electron chi connectivity index (χ2n) is 6.14. The molecule has 0 fully saturated rings. The first-order valence-corrected chi connectivity index (χ1v) is 7.13. The van der Waals surface area contributed by atoms with E-state index in [1.54, 1.807) is 13.8 Å². The van der Waals surface area contributed by atoms with E-state index in [2.05, 4.69) is 18.4 Å².